The Morgan fingerprint density at radius 2 is 1.73 bits per heavy atom. The highest BCUT2D eigenvalue weighted by atomic mass is 32.2. The first-order valence-electron chi connectivity index (χ1n) is 14.0. The van der Waals surface area contributed by atoms with Gasteiger partial charge in [0.05, 0.1) is 11.2 Å². The van der Waals surface area contributed by atoms with E-state index in [-0.39, 0.29) is 11.5 Å². The third kappa shape index (κ3) is 6.30. The van der Waals surface area contributed by atoms with Crippen LogP contribution in [-0.4, -0.2) is 32.4 Å². The number of nitrogens with one attached hydrogen (secondary N) is 1. The zero-order chi connectivity index (χ0) is 26.0. The van der Waals surface area contributed by atoms with Gasteiger partial charge in [-0.2, -0.15) is 0 Å². The Balaban J connectivity index is 1.12. The number of hydrogen-bond acceptors (Lipinski definition) is 4. The van der Waals surface area contributed by atoms with Gasteiger partial charge in [0, 0.05) is 23.2 Å². The first-order chi connectivity index (χ1) is 17.7. The molecule has 5 rings (SSSR count). The second-order valence-electron chi connectivity index (χ2n) is 12.2. The van der Waals surface area contributed by atoms with Crippen LogP contribution in [0.5, 0.6) is 0 Å². The first kappa shape index (κ1) is 26.5. The molecule has 37 heavy (non-hydrogen) atoms. The maximum absolute atomic E-state index is 13.0. The van der Waals surface area contributed by atoms with E-state index in [9.17, 15) is 8.42 Å². The summed E-state index contributed by atoms with van der Waals surface area (Å²) in [6, 6.07) is 16.3. The summed E-state index contributed by atoms with van der Waals surface area (Å²) in [5.41, 5.74) is 3.64. The Bertz CT molecular complexity index is 1230. The van der Waals surface area contributed by atoms with Crippen LogP contribution < -0.4 is 4.72 Å². The quantitative estimate of drug-likeness (QED) is 0.358. The van der Waals surface area contributed by atoms with Crippen molar-refractivity contribution < 1.29 is 12.8 Å². The fourth-order valence-electron chi connectivity index (χ4n) is 6.14. The van der Waals surface area contributed by atoms with Crippen molar-refractivity contribution in [3.8, 4) is 11.3 Å². The number of sulfonamides is 1. The van der Waals surface area contributed by atoms with E-state index >= 15 is 0 Å². The van der Waals surface area contributed by atoms with Gasteiger partial charge in [-0.3, -0.25) is 4.90 Å². The smallest absolute Gasteiger partial charge is 0.240 e. The van der Waals surface area contributed by atoms with Crippen molar-refractivity contribution >= 4 is 10.0 Å². The number of nitrogens with zero attached hydrogens (tertiary/aromatic N) is 1. The summed E-state index contributed by atoms with van der Waals surface area (Å²) in [6.07, 6.45) is 10.9. The second kappa shape index (κ2) is 10.9. The van der Waals surface area contributed by atoms with E-state index in [0.29, 0.717) is 16.9 Å². The molecule has 4 aliphatic rings. The number of benzene rings is 1. The lowest BCUT2D eigenvalue weighted by atomic mass is 9.84. The molecule has 0 amide bonds. The van der Waals surface area contributed by atoms with Gasteiger partial charge in [-0.25, -0.2) is 13.1 Å². The maximum atomic E-state index is 13.0. The standard InChI is InChI=1S/C31H42N2O3S/c1-31(2,3)26-12-16-28(17-13-26)37(34,35)32-27-14-10-23(11-15-27)18-20-33-19-5-4-8-29(33)25-21-24-7-6-9-30(24)36-22-25/h6-7,9,12-13,16-17,21-23,27,29,32H,4-5,8,10-11,14-15,18-20H2,1-3H3/t23-,27-,29?. The van der Waals surface area contributed by atoms with E-state index in [1.807, 2.05) is 24.5 Å². The molecule has 1 N–H and O–H groups in total. The van der Waals surface area contributed by atoms with Crippen molar-refractivity contribution in [2.75, 3.05) is 13.1 Å². The highest BCUT2D eigenvalue weighted by Gasteiger charge is 2.29. The van der Waals surface area contributed by atoms with Crippen molar-refractivity contribution in [3.63, 3.8) is 0 Å². The van der Waals surface area contributed by atoms with Crippen molar-refractivity contribution in [1.29, 1.82) is 0 Å². The fourth-order valence-corrected chi connectivity index (χ4v) is 7.44. The number of piperidine rings is 1. The van der Waals surface area contributed by atoms with Gasteiger partial charge >= 0.3 is 0 Å². The van der Waals surface area contributed by atoms with E-state index in [1.165, 1.54) is 36.8 Å². The van der Waals surface area contributed by atoms with E-state index in [0.717, 1.165) is 50.1 Å². The predicted octanol–water partition coefficient (Wildman–Crippen LogP) is 7.14. The molecule has 1 aromatic rings. The van der Waals surface area contributed by atoms with Crippen LogP contribution in [0.3, 0.4) is 0 Å². The maximum Gasteiger partial charge on any atom is 0.240 e. The summed E-state index contributed by atoms with van der Waals surface area (Å²) in [6.45, 7) is 8.66. The zero-order valence-electron chi connectivity index (χ0n) is 22.6. The summed E-state index contributed by atoms with van der Waals surface area (Å²) in [4.78, 5) is 3.02. The molecule has 1 unspecified atom stereocenters. The normalized spacial score (nSPS) is 23.9. The number of fused-ring (bicyclic) bond motifs is 1. The third-order valence-electron chi connectivity index (χ3n) is 8.47. The summed E-state index contributed by atoms with van der Waals surface area (Å²) in [5, 5.41) is 0. The van der Waals surface area contributed by atoms with Crippen LogP contribution >= 0.6 is 0 Å². The van der Waals surface area contributed by atoms with Crippen LogP contribution in [0.2, 0.25) is 0 Å². The van der Waals surface area contributed by atoms with Gasteiger partial charge in [0.1, 0.15) is 5.76 Å². The average molecular weight is 523 g/mol. The lowest BCUT2D eigenvalue weighted by Gasteiger charge is -2.37. The average Bonchev–Trinajstić information content (AvgIpc) is 3.36. The molecule has 2 aliphatic carbocycles. The Kier molecular flexibility index (Phi) is 7.80. The minimum Gasteiger partial charge on any atom is -0.464 e. The fraction of sp³-hybridized carbons (Fsp3) is 0.548. The molecule has 1 saturated carbocycles. The van der Waals surface area contributed by atoms with Gasteiger partial charge in [-0.05, 0) is 99.2 Å². The topological polar surface area (TPSA) is 62.6 Å². The number of rotatable bonds is 7. The van der Waals surface area contributed by atoms with Gasteiger partial charge in [-0.1, -0.05) is 51.5 Å². The molecular formula is C31H42N2O3S. The molecule has 0 radical (unpaired) electrons. The highest BCUT2D eigenvalue weighted by molar-refractivity contribution is 7.89. The van der Waals surface area contributed by atoms with E-state index in [2.05, 4.69) is 48.6 Å². The van der Waals surface area contributed by atoms with Crippen LogP contribution in [0.25, 0.3) is 11.3 Å². The Labute approximate surface area is 223 Å². The van der Waals surface area contributed by atoms with Crippen LogP contribution in [0.1, 0.15) is 89.3 Å². The van der Waals surface area contributed by atoms with Crippen LogP contribution in [0.4, 0.5) is 0 Å². The molecule has 0 aromatic heterocycles. The molecule has 0 bridgehead atoms. The van der Waals surface area contributed by atoms with Crippen LogP contribution in [-0.2, 0) is 15.4 Å². The minimum absolute atomic E-state index is 0.00877. The molecule has 1 atom stereocenters. The zero-order valence-corrected chi connectivity index (χ0v) is 23.4. The van der Waals surface area contributed by atoms with Crippen LogP contribution in [0.15, 0.2) is 64.1 Å². The summed E-state index contributed by atoms with van der Waals surface area (Å²) < 4.78 is 34.9. The van der Waals surface area contributed by atoms with Crippen molar-refractivity contribution in [2.45, 2.75) is 94.5 Å². The summed E-state index contributed by atoms with van der Waals surface area (Å²) >= 11 is 0. The molecular weight excluding hydrogens is 480 g/mol. The molecule has 2 heterocycles. The molecule has 5 nitrogen and oxygen atoms in total. The first-order valence-corrected chi connectivity index (χ1v) is 15.5. The Morgan fingerprint density at radius 1 is 0.973 bits per heavy atom. The Morgan fingerprint density at radius 3 is 2.46 bits per heavy atom. The van der Waals surface area contributed by atoms with Gasteiger partial charge in [0.2, 0.25) is 10.0 Å². The monoisotopic (exact) mass is 522 g/mol. The third-order valence-corrected chi connectivity index (χ3v) is 10.0. The molecule has 1 saturated heterocycles. The minimum atomic E-state index is -3.49. The molecule has 200 valence electrons. The SMILES string of the molecule is CC(C)(C)c1ccc(S(=O)(=O)N[C@H]2CC[C@H](CCN3CCCCC3c3coc4cccc-4c3)CC2)cc1. The van der Waals surface area contributed by atoms with E-state index in [4.69, 9.17) is 4.42 Å². The second-order valence-corrected chi connectivity index (χ2v) is 13.9. The van der Waals surface area contributed by atoms with Crippen molar-refractivity contribution in [1.82, 2.24) is 9.62 Å². The lowest BCUT2D eigenvalue weighted by molar-refractivity contribution is 0.131. The number of likely N-dealkylation sites (tertiary alicyclic amines) is 1. The van der Waals surface area contributed by atoms with Gasteiger partial charge in [-0.15, -0.1) is 0 Å². The molecule has 1 aromatic carbocycles. The largest absolute Gasteiger partial charge is 0.464 e. The van der Waals surface area contributed by atoms with Crippen molar-refractivity contribution in [2.24, 2.45) is 5.92 Å². The Hall–Kier alpha value is -2.15. The van der Waals surface area contributed by atoms with Gasteiger partial charge in [0.25, 0.3) is 0 Å². The van der Waals surface area contributed by atoms with Gasteiger partial charge < -0.3 is 4.42 Å². The van der Waals surface area contributed by atoms with Gasteiger partial charge in [0.15, 0.2) is 0 Å². The number of hydrogen-bond donors (Lipinski definition) is 1. The molecule has 0 spiro atoms. The van der Waals surface area contributed by atoms with Crippen LogP contribution in [0, 0.1) is 5.92 Å². The molecule has 2 fully saturated rings. The highest BCUT2D eigenvalue weighted by Crippen LogP contribution is 2.36. The molecule has 2 aliphatic heterocycles. The van der Waals surface area contributed by atoms with E-state index < -0.39 is 10.0 Å². The summed E-state index contributed by atoms with van der Waals surface area (Å²) in [5.74, 6) is 1.62. The summed E-state index contributed by atoms with van der Waals surface area (Å²) in [7, 11) is -3.49. The van der Waals surface area contributed by atoms with E-state index in [1.54, 1.807) is 12.1 Å². The lowest BCUT2D eigenvalue weighted by Crippen LogP contribution is -2.39. The molecule has 6 heteroatoms. The van der Waals surface area contributed by atoms with Crippen molar-refractivity contribution in [3.05, 3.63) is 65.9 Å². The predicted molar refractivity (Wildman–Crippen MR) is 149 cm³/mol.